The number of hydrogen-bond acceptors (Lipinski definition) is 3. The van der Waals surface area contributed by atoms with Gasteiger partial charge in [-0.25, -0.2) is 0 Å². The second-order valence-corrected chi connectivity index (χ2v) is 4.59. The summed E-state index contributed by atoms with van der Waals surface area (Å²) in [6.07, 6.45) is 2.81. The van der Waals surface area contributed by atoms with Crippen LogP contribution in [0, 0.1) is 0 Å². The fourth-order valence-corrected chi connectivity index (χ4v) is 2.08. The average molecular weight is 244 g/mol. The number of methoxy groups -OCH3 is 1. The smallest absolute Gasteiger partial charge is 0.0705 e. The van der Waals surface area contributed by atoms with E-state index in [9.17, 15) is 0 Å². The van der Waals surface area contributed by atoms with Gasteiger partial charge in [-0.2, -0.15) is 0 Å². The summed E-state index contributed by atoms with van der Waals surface area (Å²) in [7, 11) is 1.72. The number of fused-ring (bicyclic) bond motifs is 1. The van der Waals surface area contributed by atoms with Crippen molar-refractivity contribution in [2.45, 2.75) is 25.3 Å². The zero-order chi connectivity index (χ0) is 12.8. The highest BCUT2D eigenvalue weighted by Crippen LogP contribution is 2.13. The maximum Gasteiger partial charge on any atom is 0.0705 e. The number of benzene rings is 1. The molecule has 0 aliphatic carbocycles. The van der Waals surface area contributed by atoms with E-state index in [1.807, 2.05) is 18.2 Å². The summed E-state index contributed by atoms with van der Waals surface area (Å²) in [5.74, 6) is 0. The summed E-state index contributed by atoms with van der Waals surface area (Å²) < 4.78 is 5.03. The van der Waals surface area contributed by atoms with Gasteiger partial charge in [-0.05, 0) is 25.0 Å². The first kappa shape index (κ1) is 13.0. The van der Waals surface area contributed by atoms with Crippen molar-refractivity contribution in [3.63, 3.8) is 0 Å². The van der Waals surface area contributed by atoms with E-state index in [1.165, 1.54) is 5.39 Å². The first-order valence-electron chi connectivity index (χ1n) is 6.39. The van der Waals surface area contributed by atoms with Gasteiger partial charge < -0.3 is 10.5 Å². The average Bonchev–Trinajstić information content (AvgIpc) is 2.39. The number of hydrogen-bond donors (Lipinski definition) is 1. The van der Waals surface area contributed by atoms with Crippen molar-refractivity contribution in [3.05, 3.63) is 42.1 Å². The molecule has 1 unspecified atom stereocenters. The standard InChI is InChI=1S/C15H20N2O/c1-18-10-4-6-13(16)11-14-9-8-12-5-2-3-7-15(12)17-14/h2-3,5,7-9,13H,4,6,10-11,16H2,1H3. The SMILES string of the molecule is COCCCC(N)Cc1ccc2ccccc2n1. The molecule has 2 aromatic rings. The molecule has 96 valence electrons. The minimum atomic E-state index is 0.161. The van der Waals surface area contributed by atoms with Gasteiger partial charge in [-0.3, -0.25) is 4.98 Å². The minimum Gasteiger partial charge on any atom is -0.385 e. The lowest BCUT2D eigenvalue weighted by Crippen LogP contribution is -2.23. The van der Waals surface area contributed by atoms with Crippen LogP contribution in [0.5, 0.6) is 0 Å². The lowest BCUT2D eigenvalue weighted by Gasteiger charge is -2.11. The molecule has 1 aromatic carbocycles. The van der Waals surface area contributed by atoms with Crippen LogP contribution in [0.1, 0.15) is 18.5 Å². The van der Waals surface area contributed by atoms with Crippen molar-refractivity contribution < 1.29 is 4.74 Å². The third kappa shape index (κ3) is 3.52. The zero-order valence-electron chi connectivity index (χ0n) is 10.8. The largest absolute Gasteiger partial charge is 0.385 e. The Labute approximate surface area is 108 Å². The van der Waals surface area contributed by atoms with Crippen LogP contribution in [0.4, 0.5) is 0 Å². The van der Waals surface area contributed by atoms with Crippen LogP contribution in [0.15, 0.2) is 36.4 Å². The lowest BCUT2D eigenvalue weighted by atomic mass is 10.1. The molecule has 0 aliphatic rings. The van der Waals surface area contributed by atoms with Crippen molar-refractivity contribution in [2.24, 2.45) is 5.73 Å². The number of nitrogens with zero attached hydrogens (tertiary/aromatic N) is 1. The van der Waals surface area contributed by atoms with Crippen molar-refractivity contribution in [1.82, 2.24) is 4.98 Å². The van der Waals surface area contributed by atoms with Gasteiger partial charge in [0.1, 0.15) is 0 Å². The topological polar surface area (TPSA) is 48.1 Å². The molecule has 0 aliphatic heterocycles. The number of rotatable bonds is 6. The van der Waals surface area contributed by atoms with E-state index in [-0.39, 0.29) is 6.04 Å². The molecule has 3 heteroatoms. The van der Waals surface area contributed by atoms with Crippen molar-refractivity contribution in [2.75, 3.05) is 13.7 Å². The van der Waals surface area contributed by atoms with Gasteiger partial charge in [0.05, 0.1) is 5.52 Å². The summed E-state index contributed by atoms with van der Waals surface area (Å²) >= 11 is 0. The van der Waals surface area contributed by atoms with E-state index in [4.69, 9.17) is 10.5 Å². The Kier molecular flexibility index (Phi) is 4.67. The maximum absolute atomic E-state index is 6.10. The molecule has 0 saturated carbocycles. The van der Waals surface area contributed by atoms with Crippen molar-refractivity contribution >= 4 is 10.9 Å². The lowest BCUT2D eigenvalue weighted by molar-refractivity contribution is 0.190. The minimum absolute atomic E-state index is 0.161. The predicted molar refractivity (Wildman–Crippen MR) is 74.5 cm³/mol. The molecular formula is C15H20N2O. The van der Waals surface area contributed by atoms with E-state index in [1.54, 1.807) is 7.11 Å². The number of ether oxygens (including phenoxy) is 1. The summed E-state index contributed by atoms with van der Waals surface area (Å²) in [5.41, 5.74) is 8.20. The molecule has 2 N–H and O–H groups in total. The molecule has 2 rings (SSSR count). The molecule has 0 spiro atoms. The number of para-hydroxylation sites is 1. The fraction of sp³-hybridized carbons (Fsp3) is 0.400. The van der Waals surface area contributed by atoms with E-state index < -0.39 is 0 Å². The molecule has 1 aromatic heterocycles. The van der Waals surface area contributed by atoms with E-state index in [0.717, 1.165) is 37.1 Å². The summed E-state index contributed by atoms with van der Waals surface area (Å²) in [4.78, 5) is 4.63. The Morgan fingerprint density at radius 1 is 1.22 bits per heavy atom. The molecule has 1 atom stereocenters. The van der Waals surface area contributed by atoms with Crippen molar-refractivity contribution in [1.29, 1.82) is 0 Å². The molecule has 1 heterocycles. The highest BCUT2D eigenvalue weighted by Gasteiger charge is 2.05. The second-order valence-electron chi connectivity index (χ2n) is 4.59. The number of pyridine rings is 1. The number of nitrogens with two attached hydrogens (primary N) is 1. The van der Waals surface area contributed by atoms with Crippen LogP contribution < -0.4 is 5.73 Å². The van der Waals surface area contributed by atoms with E-state index in [0.29, 0.717) is 0 Å². The quantitative estimate of drug-likeness (QED) is 0.794. The normalized spacial score (nSPS) is 12.8. The Balaban J connectivity index is 1.98. The summed E-state index contributed by atoms with van der Waals surface area (Å²) in [5, 5.41) is 1.18. The van der Waals surface area contributed by atoms with Gasteiger partial charge in [0.25, 0.3) is 0 Å². The molecule has 18 heavy (non-hydrogen) atoms. The van der Waals surface area contributed by atoms with Gasteiger partial charge >= 0.3 is 0 Å². The monoisotopic (exact) mass is 244 g/mol. The van der Waals surface area contributed by atoms with Gasteiger partial charge in [0.15, 0.2) is 0 Å². The Morgan fingerprint density at radius 2 is 2.06 bits per heavy atom. The van der Waals surface area contributed by atoms with Gasteiger partial charge in [0, 0.05) is 37.3 Å². The highest BCUT2D eigenvalue weighted by molar-refractivity contribution is 5.78. The third-order valence-corrected chi connectivity index (χ3v) is 3.05. The van der Waals surface area contributed by atoms with Gasteiger partial charge in [-0.1, -0.05) is 24.3 Å². The molecule has 0 radical (unpaired) electrons. The van der Waals surface area contributed by atoms with E-state index in [2.05, 4.69) is 23.2 Å². The predicted octanol–water partition coefficient (Wildman–Crippen LogP) is 2.53. The molecule has 0 saturated heterocycles. The van der Waals surface area contributed by atoms with Gasteiger partial charge in [0.2, 0.25) is 0 Å². The Morgan fingerprint density at radius 3 is 2.89 bits per heavy atom. The molecule has 0 fully saturated rings. The number of aromatic nitrogens is 1. The first-order valence-corrected chi connectivity index (χ1v) is 6.39. The second kappa shape index (κ2) is 6.47. The highest BCUT2D eigenvalue weighted by atomic mass is 16.5. The van der Waals surface area contributed by atoms with Crippen molar-refractivity contribution in [3.8, 4) is 0 Å². The molecular weight excluding hydrogens is 224 g/mol. The van der Waals surface area contributed by atoms with E-state index >= 15 is 0 Å². The van der Waals surface area contributed by atoms with Crippen LogP contribution in [0.3, 0.4) is 0 Å². The molecule has 0 bridgehead atoms. The summed E-state index contributed by atoms with van der Waals surface area (Å²) in [6.45, 7) is 0.777. The first-order chi connectivity index (χ1) is 8.79. The van der Waals surface area contributed by atoms with Gasteiger partial charge in [-0.15, -0.1) is 0 Å². The van der Waals surface area contributed by atoms with Crippen LogP contribution >= 0.6 is 0 Å². The van der Waals surface area contributed by atoms with Crippen LogP contribution in [0.25, 0.3) is 10.9 Å². The zero-order valence-corrected chi connectivity index (χ0v) is 10.8. The van der Waals surface area contributed by atoms with Crippen LogP contribution in [-0.2, 0) is 11.2 Å². The Hall–Kier alpha value is -1.45. The maximum atomic E-state index is 6.10. The van der Waals surface area contributed by atoms with Crippen LogP contribution in [0.2, 0.25) is 0 Å². The summed E-state index contributed by atoms with van der Waals surface area (Å²) in [6, 6.07) is 12.5. The fourth-order valence-electron chi connectivity index (χ4n) is 2.08. The van der Waals surface area contributed by atoms with Crippen LogP contribution in [-0.4, -0.2) is 24.7 Å². The molecule has 0 amide bonds. The Bertz CT molecular complexity index is 499. The molecule has 3 nitrogen and oxygen atoms in total. The third-order valence-electron chi connectivity index (χ3n) is 3.05.